The Bertz CT molecular complexity index is 383. The first-order valence-corrected chi connectivity index (χ1v) is 5.11. The van der Waals surface area contributed by atoms with Crippen molar-refractivity contribution in [1.82, 2.24) is 9.88 Å². The van der Waals surface area contributed by atoms with E-state index in [9.17, 15) is 9.90 Å². The van der Waals surface area contributed by atoms with Gasteiger partial charge in [0.25, 0.3) is 5.91 Å². The molecule has 16 heavy (non-hydrogen) atoms. The summed E-state index contributed by atoms with van der Waals surface area (Å²) >= 11 is 0. The highest BCUT2D eigenvalue weighted by molar-refractivity contribution is 5.92. The van der Waals surface area contributed by atoms with Gasteiger partial charge in [0.1, 0.15) is 11.3 Å². The van der Waals surface area contributed by atoms with Crippen LogP contribution in [0.3, 0.4) is 0 Å². The molecule has 0 bridgehead atoms. The summed E-state index contributed by atoms with van der Waals surface area (Å²) in [5.41, 5.74) is 0.237. The lowest BCUT2D eigenvalue weighted by Gasteiger charge is -2.20. The Kier molecular flexibility index (Phi) is 3.72. The van der Waals surface area contributed by atoms with Gasteiger partial charge in [-0.15, -0.1) is 0 Å². The predicted octanol–water partition coefficient (Wildman–Crippen LogP) is -0.193. The minimum absolute atomic E-state index is 0.0204. The molecule has 5 heteroatoms. The lowest BCUT2D eigenvalue weighted by molar-refractivity contribution is 0.00313. The average Bonchev–Trinajstić information content (AvgIpc) is 2.57. The Morgan fingerprint density at radius 1 is 1.56 bits per heavy atom. The molecular formula is C11H18N2O3. The highest BCUT2D eigenvalue weighted by Crippen LogP contribution is 2.06. The van der Waals surface area contributed by atoms with E-state index < -0.39 is 5.60 Å². The van der Waals surface area contributed by atoms with Gasteiger partial charge in [-0.1, -0.05) is 0 Å². The van der Waals surface area contributed by atoms with Crippen LogP contribution >= 0.6 is 0 Å². The van der Waals surface area contributed by atoms with Crippen LogP contribution in [0, 0.1) is 6.92 Å². The molecule has 90 valence electrons. The molecule has 1 aromatic rings. The maximum absolute atomic E-state index is 11.7. The van der Waals surface area contributed by atoms with Gasteiger partial charge >= 0.3 is 0 Å². The van der Waals surface area contributed by atoms with Gasteiger partial charge in [-0.05, 0) is 26.0 Å². The maximum Gasteiger partial charge on any atom is 0.268 e. The zero-order valence-corrected chi connectivity index (χ0v) is 9.82. The van der Waals surface area contributed by atoms with Crippen molar-refractivity contribution in [1.29, 1.82) is 0 Å². The normalized spacial score (nSPS) is 14.6. The van der Waals surface area contributed by atoms with Crippen LogP contribution < -0.4 is 5.32 Å². The molecule has 1 amide bonds. The quantitative estimate of drug-likeness (QED) is 0.666. The summed E-state index contributed by atoms with van der Waals surface area (Å²) in [5, 5.41) is 20.9. The summed E-state index contributed by atoms with van der Waals surface area (Å²) in [4.78, 5) is 11.7. The van der Waals surface area contributed by atoms with E-state index in [0.29, 0.717) is 5.69 Å². The number of aromatic nitrogens is 1. The van der Waals surface area contributed by atoms with Crippen LogP contribution in [0.2, 0.25) is 0 Å². The van der Waals surface area contributed by atoms with E-state index in [1.54, 1.807) is 17.7 Å². The molecule has 0 aliphatic rings. The smallest absolute Gasteiger partial charge is 0.268 e. The van der Waals surface area contributed by atoms with Crippen molar-refractivity contribution in [3.05, 3.63) is 23.5 Å². The van der Waals surface area contributed by atoms with E-state index in [0.717, 1.165) is 5.69 Å². The zero-order chi connectivity index (χ0) is 12.3. The van der Waals surface area contributed by atoms with Gasteiger partial charge in [-0.25, -0.2) is 0 Å². The first-order chi connectivity index (χ1) is 7.37. The average molecular weight is 226 g/mol. The van der Waals surface area contributed by atoms with Gasteiger partial charge in [0, 0.05) is 19.3 Å². The summed E-state index contributed by atoms with van der Waals surface area (Å²) < 4.78 is 1.77. The van der Waals surface area contributed by atoms with Crippen LogP contribution in [0.15, 0.2) is 12.1 Å². The molecule has 0 saturated carbocycles. The molecule has 1 atom stereocenters. The second-order valence-corrected chi connectivity index (χ2v) is 4.26. The van der Waals surface area contributed by atoms with Crippen molar-refractivity contribution in [3.8, 4) is 0 Å². The van der Waals surface area contributed by atoms with Crippen molar-refractivity contribution in [2.45, 2.75) is 19.4 Å². The number of hydrogen-bond donors (Lipinski definition) is 3. The number of hydrogen-bond acceptors (Lipinski definition) is 3. The van der Waals surface area contributed by atoms with E-state index in [4.69, 9.17) is 5.11 Å². The van der Waals surface area contributed by atoms with Gasteiger partial charge in [0.05, 0.1) is 6.61 Å². The second-order valence-electron chi connectivity index (χ2n) is 4.26. The summed E-state index contributed by atoms with van der Waals surface area (Å²) in [6.07, 6.45) is 0. The molecular weight excluding hydrogens is 208 g/mol. The van der Waals surface area contributed by atoms with Crippen molar-refractivity contribution in [2.24, 2.45) is 7.05 Å². The van der Waals surface area contributed by atoms with E-state index >= 15 is 0 Å². The van der Waals surface area contributed by atoms with Gasteiger partial charge < -0.3 is 20.1 Å². The van der Waals surface area contributed by atoms with Crippen molar-refractivity contribution in [3.63, 3.8) is 0 Å². The Hall–Kier alpha value is -1.33. The summed E-state index contributed by atoms with van der Waals surface area (Å²) in [6.45, 7) is 3.00. The molecule has 0 fully saturated rings. The van der Waals surface area contributed by atoms with Gasteiger partial charge in [-0.3, -0.25) is 4.79 Å². The van der Waals surface area contributed by atoms with Crippen molar-refractivity contribution < 1.29 is 15.0 Å². The summed E-state index contributed by atoms with van der Waals surface area (Å²) in [5.74, 6) is -0.260. The molecule has 1 rings (SSSR count). The highest BCUT2D eigenvalue weighted by Gasteiger charge is 2.21. The first-order valence-electron chi connectivity index (χ1n) is 5.11. The molecule has 3 N–H and O–H groups in total. The Labute approximate surface area is 94.7 Å². The Morgan fingerprint density at radius 3 is 2.62 bits per heavy atom. The van der Waals surface area contributed by atoms with Crippen LogP contribution in [0.4, 0.5) is 0 Å². The van der Waals surface area contributed by atoms with E-state index in [-0.39, 0.29) is 19.1 Å². The highest BCUT2D eigenvalue weighted by atomic mass is 16.3. The molecule has 1 heterocycles. The van der Waals surface area contributed by atoms with E-state index in [2.05, 4.69) is 5.32 Å². The summed E-state index contributed by atoms with van der Waals surface area (Å²) in [6, 6.07) is 3.57. The van der Waals surface area contributed by atoms with E-state index in [1.807, 2.05) is 13.0 Å². The van der Waals surface area contributed by atoms with Crippen LogP contribution in [-0.4, -0.2) is 39.4 Å². The van der Waals surface area contributed by atoms with Gasteiger partial charge in [-0.2, -0.15) is 0 Å². The van der Waals surface area contributed by atoms with Crippen LogP contribution in [-0.2, 0) is 7.05 Å². The van der Waals surface area contributed by atoms with Crippen molar-refractivity contribution in [2.75, 3.05) is 13.2 Å². The molecule has 1 aromatic heterocycles. The lowest BCUT2D eigenvalue weighted by atomic mass is 10.1. The minimum Gasteiger partial charge on any atom is -0.393 e. The Balaban J connectivity index is 2.64. The lowest BCUT2D eigenvalue weighted by Crippen LogP contribution is -2.43. The number of amides is 1. The third kappa shape index (κ3) is 2.84. The second kappa shape index (κ2) is 4.67. The van der Waals surface area contributed by atoms with Crippen LogP contribution in [0.25, 0.3) is 0 Å². The fourth-order valence-corrected chi connectivity index (χ4v) is 1.26. The molecule has 0 aromatic carbocycles. The number of aliphatic hydroxyl groups is 2. The molecule has 0 saturated heterocycles. The van der Waals surface area contributed by atoms with Gasteiger partial charge in [0.2, 0.25) is 0 Å². The number of carbonyl (C=O) groups excluding carboxylic acids is 1. The predicted molar refractivity (Wildman–Crippen MR) is 60.2 cm³/mol. The van der Waals surface area contributed by atoms with Crippen molar-refractivity contribution >= 4 is 5.91 Å². The monoisotopic (exact) mass is 226 g/mol. The Morgan fingerprint density at radius 2 is 2.19 bits per heavy atom. The molecule has 0 aliphatic carbocycles. The third-order valence-corrected chi connectivity index (χ3v) is 2.58. The van der Waals surface area contributed by atoms with Gasteiger partial charge in [0.15, 0.2) is 0 Å². The molecule has 0 spiro atoms. The fourth-order valence-electron chi connectivity index (χ4n) is 1.26. The number of aliphatic hydroxyl groups excluding tert-OH is 1. The summed E-state index contributed by atoms with van der Waals surface area (Å²) in [7, 11) is 1.80. The number of nitrogens with zero attached hydrogens (tertiary/aromatic N) is 1. The molecule has 5 nitrogen and oxygen atoms in total. The van der Waals surface area contributed by atoms with E-state index in [1.165, 1.54) is 6.92 Å². The molecule has 0 aliphatic heterocycles. The van der Waals surface area contributed by atoms with Crippen LogP contribution in [0.5, 0.6) is 0 Å². The minimum atomic E-state index is -1.28. The topological polar surface area (TPSA) is 74.5 Å². The van der Waals surface area contributed by atoms with Crippen LogP contribution in [0.1, 0.15) is 23.1 Å². The number of nitrogens with one attached hydrogen (secondary N) is 1. The molecule has 1 unspecified atom stereocenters. The first kappa shape index (κ1) is 12.7. The largest absolute Gasteiger partial charge is 0.393 e. The SMILES string of the molecule is Cc1ccc(C(=O)NCC(C)(O)CO)n1C. The maximum atomic E-state index is 11.7. The third-order valence-electron chi connectivity index (χ3n) is 2.58. The fraction of sp³-hybridized carbons (Fsp3) is 0.545. The standard InChI is InChI=1S/C11H18N2O3/c1-8-4-5-9(13(8)3)10(15)12-6-11(2,16)7-14/h4-5,14,16H,6-7H2,1-3H3,(H,12,15). The molecule has 0 radical (unpaired) electrons. The number of carbonyl (C=O) groups is 1. The number of rotatable bonds is 4. The zero-order valence-electron chi connectivity index (χ0n) is 9.82. The number of aryl methyl sites for hydroxylation is 1.